The normalized spacial score (nSPS) is 17.9. The summed E-state index contributed by atoms with van der Waals surface area (Å²) in [4.78, 5) is 14.3. The van der Waals surface area contributed by atoms with Crippen molar-refractivity contribution >= 4 is 49.4 Å². The van der Waals surface area contributed by atoms with Crippen molar-refractivity contribution in [1.82, 2.24) is 4.90 Å². The molecule has 2 atom stereocenters. The van der Waals surface area contributed by atoms with Crippen LogP contribution in [0.5, 0.6) is 5.75 Å². The van der Waals surface area contributed by atoms with E-state index >= 15 is 0 Å². The molecule has 0 spiro atoms. The van der Waals surface area contributed by atoms with Crippen LogP contribution < -0.4 is 5.73 Å². The highest BCUT2D eigenvalue weighted by Crippen LogP contribution is 2.37. The molecule has 0 aliphatic carbocycles. The fourth-order valence-electron chi connectivity index (χ4n) is 4.46. The predicted octanol–water partition coefficient (Wildman–Crippen LogP) is 3.11. The predicted molar refractivity (Wildman–Crippen MR) is 128 cm³/mol. The zero-order chi connectivity index (χ0) is 21.0. The summed E-state index contributed by atoms with van der Waals surface area (Å²) >= 11 is 0. The van der Waals surface area contributed by atoms with E-state index in [0.29, 0.717) is 25.7 Å². The van der Waals surface area contributed by atoms with E-state index in [0.717, 1.165) is 36.0 Å². The van der Waals surface area contributed by atoms with Gasteiger partial charge in [0.25, 0.3) is 0 Å². The Balaban J connectivity index is 0.00000240. The third-order valence-corrected chi connectivity index (χ3v) is 6.27. The Morgan fingerprint density at radius 1 is 1.23 bits per heavy atom. The second kappa shape index (κ2) is 11.9. The van der Waals surface area contributed by atoms with Gasteiger partial charge in [-0.3, -0.25) is 9.69 Å². The van der Waals surface area contributed by atoms with Crippen LogP contribution in [0.3, 0.4) is 0 Å². The highest BCUT2D eigenvalue weighted by atomic mass is 35.5. The van der Waals surface area contributed by atoms with E-state index in [1.54, 1.807) is 12.1 Å². The summed E-state index contributed by atoms with van der Waals surface area (Å²) in [5.41, 5.74) is 5.99. The lowest BCUT2D eigenvalue weighted by Gasteiger charge is -2.43. The van der Waals surface area contributed by atoms with Crippen molar-refractivity contribution in [1.29, 1.82) is 0 Å². The molecule has 0 bridgehead atoms. The SMILES string of the molecule is Cl.Cl.[B]C(CCCO)C(N)(C(=O)O)C1CCN(Cc2cccc3ccc(O)cc23)CC1. The largest absolute Gasteiger partial charge is 0.508 e. The number of rotatable bonds is 8. The van der Waals surface area contributed by atoms with Gasteiger partial charge >= 0.3 is 5.97 Å². The first-order chi connectivity index (χ1) is 13.9. The number of carboxylic acids is 1. The maximum atomic E-state index is 12.0. The highest BCUT2D eigenvalue weighted by molar-refractivity contribution is 6.15. The molecule has 9 heteroatoms. The number of phenolic OH excluding ortho intramolecular Hbond substituents is 1. The van der Waals surface area contributed by atoms with Gasteiger partial charge in [0.2, 0.25) is 0 Å². The number of likely N-dealkylation sites (tertiary alicyclic amines) is 1. The molecule has 0 amide bonds. The van der Waals surface area contributed by atoms with Crippen molar-refractivity contribution in [3.63, 3.8) is 0 Å². The van der Waals surface area contributed by atoms with Crippen LogP contribution in [0, 0.1) is 5.92 Å². The lowest BCUT2D eigenvalue weighted by atomic mass is 9.61. The van der Waals surface area contributed by atoms with Gasteiger partial charge in [-0.1, -0.05) is 30.7 Å². The minimum absolute atomic E-state index is 0. The van der Waals surface area contributed by atoms with E-state index in [1.807, 2.05) is 18.2 Å². The van der Waals surface area contributed by atoms with Crippen LogP contribution in [0.1, 0.15) is 31.2 Å². The number of hydrogen-bond acceptors (Lipinski definition) is 5. The van der Waals surface area contributed by atoms with Crippen molar-refractivity contribution in [2.45, 2.75) is 43.6 Å². The highest BCUT2D eigenvalue weighted by Gasteiger charge is 2.46. The van der Waals surface area contributed by atoms with Crippen LogP contribution in [0.25, 0.3) is 10.8 Å². The number of aliphatic hydroxyl groups is 1. The van der Waals surface area contributed by atoms with Gasteiger partial charge in [0.1, 0.15) is 11.3 Å². The summed E-state index contributed by atoms with van der Waals surface area (Å²) in [6, 6.07) is 11.5. The summed E-state index contributed by atoms with van der Waals surface area (Å²) in [5.74, 6) is -1.72. The number of phenols is 1. The number of aliphatic carboxylic acids is 1. The molecule has 1 fully saturated rings. The monoisotopic (exact) mass is 468 g/mol. The van der Waals surface area contributed by atoms with Gasteiger partial charge in [0, 0.05) is 13.2 Å². The number of carbonyl (C=O) groups is 1. The number of aliphatic hydroxyl groups excluding tert-OH is 1. The van der Waals surface area contributed by atoms with E-state index in [4.69, 9.17) is 18.7 Å². The number of fused-ring (bicyclic) bond motifs is 1. The molecule has 0 saturated carbocycles. The van der Waals surface area contributed by atoms with Gasteiger partial charge in [-0.25, -0.2) is 0 Å². The van der Waals surface area contributed by atoms with Gasteiger partial charge in [0.05, 0.1) is 7.85 Å². The van der Waals surface area contributed by atoms with Crippen molar-refractivity contribution in [2.24, 2.45) is 11.7 Å². The van der Waals surface area contributed by atoms with E-state index in [1.165, 1.54) is 0 Å². The molecule has 31 heavy (non-hydrogen) atoms. The number of aromatic hydroxyl groups is 1. The molecule has 1 aliphatic rings. The maximum Gasteiger partial charge on any atom is 0.323 e. The van der Waals surface area contributed by atoms with E-state index in [-0.39, 0.29) is 43.1 Å². The standard InChI is InChI=1S/C22H29BN2O4.2ClH/c23-20(5-2-12-26)22(24,21(28)29)17-8-10-25(11-9-17)14-16-4-1-3-15-6-7-18(27)13-19(15)16;;/h1,3-4,6-7,13,17,20,26-27H,2,5,8-12,14,24H2,(H,28,29);2*1H. The Hall–Kier alpha value is -1.51. The maximum absolute atomic E-state index is 12.0. The second-order valence-electron chi connectivity index (χ2n) is 8.08. The van der Waals surface area contributed by atoms with Gasteiger partial charge in [-0.2, -0.15) is 0 Å². The summed E-state index contributed by atoms with van der Waals surface area (Å²) in [5, 5.41) is 30.8. The number of halogens is 2. The van der Waals surface area contributed by atoms with Crippen LogP contribution in [0.4, 0.5) is 0 Å². The summed E-state index contributed by atoms with van der Waals surface area (Å²) < 4.78 is 0. The molecule has 2 aromatic carbocycles. The van der Waals surface area contributed by atoms with Crippen molar-refractivity contribution in [3.05, 3.63) is 42.0 Å². The first-order valence-corrected chi connectivity index (χ1v) is 10.2. The summed E-state index contributed by atoms with van der Waals surface area (Å²) in [7, 11) is 6.15. The Kier molecular flexibility index (Phi) is 10.6. The molecule has 0 aromatic heterocycles. The summed E-state index contributed by atoms with van der Waals surface area (Å²) in [6.45, 7) is 2.18. The number of hydrogen-bond donors (Lipinski definition) is 4. The van der Waals surface area contributed by atoms with E-state index in [2.05, 4.69) is 11.0 Å². The fraction of sp³-hybridized carbons (Fsp3) is 0.500. The van der Waals surface area contributed by atoms with Crippen molar-refractivity contribution < 1.29 is 20.1 Å². The van der Waals surface area contributed by atoms with Gasteiger partial charge < -0.3 is 21.1 Å². The van der Waals surface area contributed by atoms with Gasteiger partial charge in [-0.05, 0) is 72.6 Å². The molecular weight excluding hydrogens is 438 g/mol. The lowest BCUT2D eigenvalue weighted by Crippen LogP contribution is -2.59. The third kappa shape index (κ3) is 6.05. The molecule has 1 heterocycles. The molecule has 5 N–H and O–H groups in total. The Morgan fingerprint density at radius 3 is 2.52 bits per heavy atom. The second-order valence-corrected chi connectivity index (χ2v) is 8.08. The van der Waals surface area contributed by atoms with Crippen molar-refractivity contribution in [3.8, 4) is 5.75 Å². The molecule has 6 nitrogen and oxygen atoms in total. The Labute approximate surface area is 197 Å². The minimum Gasteiger partial charge on any atom is -0.508 e. The molecular formula is C22H31BCl2N2O4. The quantitative estimate of drug-likeness (QED) is 0.443. The zero-order valence-corrected chi connectivity index (χ0v) is 19.1. The Bertz CT molecular complexity index is 865. The average molecular weight is 469 g/mol. The first kappa shape index (κ1) is 27.5. The van der Waals surface area contributed by atoms with Crippen LogP contribution in [0.15, 0.2) is 36.4 Å². The molecule has 1 aliphatic heterocycles. The number of nitrogens with two attached hydrogens (primary N) is 1. The smallest absolute Gasteiger partial charge is 0.323 e. The molecule has 2 radical (unpaired) electrons. The van der Waals surface area contributed by atoms with Crippen molar-refractivity contribution in [2.75, 3.05) is 19.7 Å². The molecule has 2 unspecified atom stereocenters. The van der Waals surface area contributed by atoms with Crippen LogP contribution in [0.2, 0.25) is 5.82 Å². The molecule has 3 rings (SSSR count). The van der Waals surface area contributed by atoms with Crippen LogP contribution in [-0.4, -0.2) is 59.3 Å². The molecule has 2 aromatic rings. The Morgan fingerprint density at radius 2 is 1.90 bits per heavy atom. The topological polar surface area (TPSA) is 107 Å². The van der Waals surface area contributed by atoms with Crippen LogP contribution >= 0.6 is 24.8 Å². The van der Waals surface area contributed by atoms with Crippen LogP contribution in [-0.2, 0) is 11.3 Å². The lowest BCUT2D eigenvalue weighted by molar-refractivity contribution is -0.147. The molecule has 170 valence electrons. The third-order valence-electron chi connectivity index (χ3n) is 6.27. The average Bonchev–Trinajstić information content (AvgIpc) is 2.72. The van der Waals surface area contributed by atoms with E-state index in [9.17, 15) is 15.0 Å². The first-order valence-electron chi connectivity index (χ1n) is 10.2. The number of piperidine rings is 1. The minimum atomic E-state index is -1.48. The zero-order valence-electron chi connectivity index (χ0n) is 17.4. The number of nitrogens with zero attached hydrogens (tertiary/aromatic N) is 1. The number of carboxylic acid groups (broad SMARTS) is 1. The van der Waals surface area contributed by atoms with Gasteiger partial charge in [0.15, 0.2) is 0 Å². The van der Waals surface area contributed by atoms with E-state index < -0.39 is 17.3 Å². The number of benzene rings is 2. The van der Waals surface area contributed by atoms with Gasteiger partial charge in [-0.15, -0.1) is 24.8 Å². The molecule has 1 saturated heterocycles. The summed E-state index contributed by atoms with van der Waals surface area (Å²) in [6.07, 6.45) is 2.15. The fourth-order valence-corrected chi connectivity index (χ4v) is 4.46.